The minimum absolute atomic E-state index is 0.370. The fourth-order valence-corrected chi connectivity index (χ4v) is 3.40. The van der Waals surface area contributed by atoms with E-state index in [0.29, 0.717) is 6.04 Å². The summed E-state index contributed by atoms with van der Waals surface area (Å²) in [6.07, 6.45) is 10.9. The molecule has 0 spiro atoms. The minimum atomic E-state index is 0.370. The van der Waals surface area contributed by atoms with Gasteiger partial charge in [0.15, 0.2) is 0 Å². The highest BCUT2D eigenvalue weighted by atomic mass is 15.2. The van der Waals surface area contributed by atoms with Gasteiger partial charge in [-0.3, -0.25) is 0 Å². The van der Waals surface area contributed by atoms with Crippen LogP contribution in [0.2, 0.25) is 0 Å². The molecule has 1 aliphatic rings. The normalized spacial score (nSPS) is 19.9. The SMILES string of the molecule is CC(C)CCN(CC(C)CCCC(C)N)C1CCCC1. The molecule has 1 fully saturated rings. The Kier molecular flexibility index (Phi) is 8.79. The van der Waals surface area contributed by atoms with Crippen LogP contribution in [0.1, 0.15) is 79.1 Å². The second-order valence-electron chi connectivity index (χ2n) is 7.63. The van der Waals surface area contributed by atoms with E-state index in [1.807, 2.05) is 0 Å². The van der Waals surface area contributed by atoms with Crippen molar-refractivity contribution in [3.8, 4) is 0 Å². The summed E-state index contributed by atoms with van der Waals surface area (Å²) in [6, 6.07) is 1.25. The van der Waals surface area contributed by atoms with Gasteiger partial charge in [0.25, 0.3) is 0 Å². The van der Waals surface area contributed by atoms with E-state index in [9.17, 15) is 0 Å². The predicted molar refractivity (Wildman–Crippen MR) is 89.9 cm³/mol. The molecule has 0 amide bonds. The van der Waals surface area contributed by atoms with Crippen LogP contribution < -0.4 is 5.73 Å². The number of nitrogens with two attached hydrogens (primary N) is 1. The van der Waals surface area contributed by atoms with Crippen molar-refractivity contribution in [3.05, 3.63) is 0 Å². The largest absolute Gasteiger partial charge is 0.328 e. The highest BCUT2D eigenvalue weighted by molar-refractivity contribution is 4.79. The van der Waals surface area contributed by atoms with Crippen LogP contribution in [0.4, 0.5) is 0 Å². The summed E-state index contributed by atoms with van der Waals surface area (Å²) in [7, 11) is 0. The van der Waals surface area contributed by atoms with E-state index in [1.165, 1.54) is 64.5 Å². The Morgan fingerprint density at radius 3 is 2.20 bits per heavy atom. The molecule has 0 aromatic carbocycles. The molecule has 1 rings (SSSR count). The molecule has 0 radical (unpaired) electrons. The molecule has 2 atom stereocenters. The first-order valence-electron chi connectivity index (χ1n) is 8.98. The Hall–Kier alpha value is -0.0800. The monoisotopic (exact) mass is 282 g/mol. The van der Waals surface area contributed by atoms with Crippen LogP contribution >= 0.6 is 0 Å². The van der Waals surface area contributed by atoms with Gasteiger partial charge in [0.2, 0.25) is 0 Å². The summed E-state index contributed by atoms with van der Waals surface area (Å²) in [5, 5.41) is 0. The molecule has 0 heterocycles. The Bertz CT molecular complexity index is 232. The van der Waals surface area contributed by atoms with Gasteiger partial charge < -0.3 is 10.6 Å². The van der Waals surface area contributed by atoms with Gasteiger partial charge >= 0.3 is 0 Å². The van der Waals surface area contributed by atoms with Crippen molar-refractivity contribution in [3.63, 3.8) is 0 Å². The third kappa shape index (κ3) is 7.64. The zero-order valence-corrected chi connectivity index (χ0v) is 14.4. The second-order valence-corrected chi connectivity index (χ2v) is 7.63. The molecule has 1 aliphatic carbocycles. The maximum absolute atomic E-state index is 5.85. The highest BCUT2D eigenvalue weighted by Crippen LogP contribution is 2.25. The standard InChI is InChI=1S/C18H38N2/c1-15(2)12-13-20(18-10-5-6-11-18)14-16(3)8-7-9-17(4)19/h15-18H,5-14,19H2,1-4H3. The van der Waals surface area contributed by atoms with E-state index in [0.717, 1.165) is 17.9 Å². The fourth-order valence-electron chi connectivity index (χ4n) is 3.40. The average molecular weight is 283 g/mol. The Labute approximate surface area is 127 Å². The van der Waals surface area contributed by atoms with Crippen molar-refractivity contribution >= 4 is 0 Å². The van der Waals surface area contributed by atoms with Gasteiger partial charge in [-0.05, 0) is 57.4 Å². The molecular weight excluding hydrogens is 244 g/mol. The Morgan fingerprint density at radius 1 is 1.00 bits per heavy atom. The van der Waals surface area contributed by atoms with Crippen molar-refractivity contribution < 1.29 is 0 Å². The Balaban J connectivity index is 2.33. The molecule has 20 heavy (non-hydrogen) atoms. The van der Waals surface area contributed by atoms with Gasteiger partial charge in [0.05, 0.1) is 0 Å². The number of hydrogen-bond acceptors (Lipinski definition) is 2. The van der Waals surface area contributed by atoms with Crippen LogP contribution in [0, 0.1) is 11.8 Å². The van der Waals surface area contributed by atoms with Gasteiger partial charge in [-0.25, -0.2) is 0 Å². The molecule has 0 aliphatic heterocycles. The van der Waals surface area contributed by atoms with E-state index in [1.54, 1.807) is 0 Å². The molecule has 2 N–H and O–H groups in total. The van der Waals surface area contributed by atoms with Crippen molar-refractivity contribution in [1.82, 2.24) is 4.90 Å². The summed E-state index contributed by atoms with van der Waals surface area (Å²) in [4.78, 5) is 2.81. The third-order valence-electron chi connectivity index (χ3n) is 4.74. The zero-order chi connectivity index (χ0) is 15.0. The summed E-state index contributed by atoms with van der Waals surface area (Å²) in [6.45, 7) is 11.9. The summed E-state index contributed by atoms with van der Waals surface area (Å²) < 4.78 is 0. The summed E-state index contributed by atoms with van der Waals surface area (Å²) >= 11 is 0. The molecule has 0 bridgehead atoms. The predicted octanol–water partition coefficient (Wildman–Crippen LogP) is 4.43. The lowest BCUT2D eigenvalue weighted by atomic mass is 10.00. The van der Waals surface area contributed by atoms with E-state index in [-0.39, 0.29) is 0 Å². The number of nitrogens with zero attached hydrogens (tertiary/aromatic N) is 1. The lowest BCUT2D eigenvalue weighted by molar-refractivity contribution is 0.159. The van der Waals surface area contributed by atoms with Crippen LogP contribution in [0.3, 0.4) is 0 Å². The molecule has 0 aromatic rings. The smallest absolute Gasteiger partial charge is 0.00953 e. The van der Waals surface area contributed by atoms with Gasteiger partial charge in [-0.15, -0.1) is 0 Å². The average Bonchev–Trinajstić information content (AvgIpc) is 2.87. The van der Waals surface area contributed by atoms with Crippen LogP contribution in [0.15, 0.2) is 0 Å². The second kappa shape index (κ2) is 9.78. The zero-order valence-electron chi connectivity index (χ0n) is 14.4. The lowest BCUT2D eigenvalue weighted by Gasteiger charge is -2.32. The van der Waals surface area contributed by atoms with Crippen LogP contribution in [-0.2, 0) is 0 Å². The molecule has 120 valence electrons. The van der Waals surface area contributed by atoms with E-state index >= 15 is 0 Å². The topological polar surface area (TPSA) is 29.3 Å². The minimum Gasteiger partial charge on any atom is -0.328 e. The summed E-state index contributed by atoms with van der Waals surface area (Å²) in [5.41, 5.74) is 5.85. The van der Waals surface area contributed by atoms with Gasteiger partial charge in [-0.2, -0.15) is 0 Å². The molecular formula is C18H38N2. The van der Waals surface area contributed by atoms with Crippen LogP contribution in [-0.4, -0.2) is 30.1 Å². The number of hydrogen-bond donors (Lipinski definition) is 1. The quantitative estimate of drug-likeness (QED) is 0.642. The molecule has 2 nitrogen and oxygen atoms in total. The Morgan fingerprint density at radius 2 is 1.65 bits per heavy atom. The van der Waals surface area contributed by atoms with Gasteiger partial charge in [0.1, 0.15) is 0 Å². The van der Waals surface area contributed by atoms with Crippen molar-refractivity contribution in [1.29, 1.82) is 0 Å². The maximum Gasteiger partial charge on any atom is 0.00953 e. The lowest BCUT2D eigenvalue weighted by Crippen LogP contribution is -2.38. The van der Waals surface area contributed by atoms with Gasteiger partial charge in [-0.1, -0.05) is 40.0 Å². The molecule has 1 saturated carbocycles. The fraction of sp³-hybridized carbons (Fsp3) is 1.00. The van der Waals surface area contributed by atoms with Crippen molar-refractivity contribution in [2.24, 2.45) is 17.6 Å². The molecule has 0 aromatic heterocycles. The number of rotatable bonds is 10. The maximum atomic E-state index is 5.85. The van der Waals surface area contributed by atoms with Gasteiger partial charge in [0, 0.05) is 18.6 Å². The van der Waals surface area contributed by atoms with E-state index in [4.69, 9.17) is 5.73 Å². The molecule has 2 unspecified atom stereocenters. The van der Waals surface area contributed by atoms with E-state index in [2.05, 4.69) is 32.6 Å². The first-order chi connectivity index (χ1) is 9.49. The molecule has 2 heteroatoms. The van der Waals surface area contributed by atoms with Crippen molar-refractivity contribution in [2.45, 2.75) is 91.1 Å². The molecule has 0 saturated heterocycles. The summed E-state index contributed by atoms with van der Waals surface area (Å²) in [5.74, 6) is 1.65. The first kappa shape index (κ1) is 18.0. The van der Waals surface area contributed by atoms with Crippen LogP contribution in [0.5, 0.6) is 0 Å². The van der Waals surface area contributed by atoms with Crippen molar-refractivity contribution in [2.75, 3.05) is 13.1 Å². The third-order valence-corrected chi connectivity index (χ3v) is 4.74. The van der Waals surface area contributed by atoms with E-state index < -0.39 is 0 Å². The van der Waals surface area contributed by atoms with Crippen LogP contribution in [0.25, 0.3) is 0 Å². The first-order valence-corrected chi connectivity index (χ1v) is 8.98. The highest BCUT2D eigenvalue weighted by Gasteiger charge is 2.23.